The van der Waals surface area contributed by atoms with Crippen molar-refractivity contribution >= 4 is 10.9 Å². The lowest BCUT2D eigenvalue weighted by atomic mass is 9.73. The van der Waals surface area contributed by atoms with Crippen molar-refractivity contribution < 1.29 is 10.2 Å². The summed E-state index contributed by atoms with van der Waals surface area (Å²) in [5.74, 6) is 1.19. The molecule has 4 nitrogen and oxygen atoms in total. The third kappa shape index (κ3) is 2.55. The Kier molecular flexibility index (Phi) is 4.12. The summed E-state index contributed by atoms with van der Waals surface area (Å²) in [5.41, 5.74) is 2.63. The Morgan fingerprint density at radius 1 is 1.38 bits per heavy atom. The average molecular weight is 324 g/mol. The van der Waals surface area contributed by atoms with Gasteiger partial charge in [-0.15, -0.1) is 6.58 Å². The van der Waals surface area contributed by atoms with Gasteiger partial charge in [0.15, 0.2) is 0 Å². The molecule has 1 aromatic heterocycles. The Balaban J connectivity index is 1.69. The first-order valence-electron chi connectivity index (χ1n) is 8.74. The Hall–Kier alpha value is -1.75. The summed E-state index contributed by atoms with van der Waals surface area (Å²) in [6.45, 7) is 6.03. The molecular weight excluding hydrogens is 300 g/mol. The van der Waals surface area contributed by atoms with E-state index in [4.69, 9.17) is 0 Å². The second kappa shape index (κ2) is 6.28. The minimum atomic E-state index is -0.530. The van der Waals surface area contributed by atoms with Crippen LogP contribution in [0.2, 0.25) is 0 Å². The van der Waals surface area contributed by atoms with Gasteiger partial charge in [0.05, 0.1) is 18.2 Å². The van der Waals surface area contributed by atoms with Crippen LogP contribution in [-0.4, -0.2) is 39.2 Å². The lowest BCUT2D eigenvalue weighted by Gasteiger charge is -2.50. The third-order valence-electron chi connectivity index (χ3n) is 5.86. The maximum Gasteiger partial charge on any atom is 0.0952 e. The predicted octanol–water partition coefficient (Wildman–Crippen LogP) is 2.66. The molecule has 0 amide bonds. The van der Waals surface area contributed by atoms with Crippen LogP contribution in [0.25, 0.3) is 10.9 Å². The summed E-state index contributed by atoms with van der Waals surface area (Å²) in [4.78, 5) is 6.81. The number of hydrogen-bond donors (Lipinski definition) is 2. The lowest BCUT2D eigenvalue weighted by Crippen LogP contribution is -2.54. The topological polar surface area (TPSA) is 56.6 Å². The molecule has 1 aromatic carbocycles. The summed E-state index contributed by atoms with van der Waals surface area (Å²) in [6.07, 6.45) is 5.53. The first-order chi connectivity index (χ1) is 11.7. The van der Waals surface area contributed by atoms with Crippen LogP contribution in [0.3, 0.4) is 0 Å². The van der Waals surface area contributed by atoms with E-state index in [1.54, 1.807) is 6.20 Å². The first-order valence-corrected chi connectivity index (χ1v) is 8.74. The highest BCUT2D eigenvalue weighted by atomic mass is 16.3. The highest BCUT2D eigenvalue weighted by Gasteiger charge is 2.42. The zero-order valence-corrected chi connectivity index (χ0v) is 13.8. The smallest absolute Gasteiger partial charge is 0.0952 e. The van der Waals surface area contributed by atoms with Gasteiger partial charge in [-0.3, -0.25) is 9.88 Å². The monoisotopic (exact) mass is 324 g/mol. The zero-order chi connectivity index (χ0) is 16.7. The van der Waals surface area contributed by atoms with Gasteiger partial charge in [0.1, 0.15) is 0 Å². The summed E-state index contributed by atoms with van der Waals surface area (Å²) >= 11 is 0. The molecule has 5 atom stereocenters. The molecule has 2 unspecified atom stereocenters. The molecule has 2 aromatic rings. The molecule has 4 heterocycles. The molecule has 3 aliphatic heterocycles. The lowest BCUT2D eigenvalue weighted by molar-refractivity contribution is -0.0444. The van der Waals surface area contributed by atoms with E-state index in [0.717, 1.165) is 41.5 Å². The number of aromatic nitrogens is 1. The first kappa shape index (κ1) is 15.8. The van der Waals surface area contributed by atoms with Gasteiger partial charge >= 0.3 is 0 Å². The second-order valence-electron chi connectivity index (χ2n) is 7.10. The van der Waals surface area contributed by atoms with Crippen LogP contribution in [0, 0.1) is 11.8 Å². The quantitative estimate of drug-likeness (QED) is 0.849. The Morgan fingerprint density at radius 2 is 2.25 bits per heavy atom. The highest BCUT2D eigenvalue weighted by Crippen LogP contribution is 2.42. The minimum Gasteiger partial charge on any atom is -0.392 e. The predicted molar refractivity (Wildman–Crippen MR) is 94.4 cm³/mol. The SMILES string of the molecule is C=C[C@H]1CN2CCC1C[C@H]2[C@H](O)c1ccnc2ccc(CO)cc12. The minimum absolute atomic E-state index is 0.000980. The van der Waals surface area contributed by atoms with Gasteiger partial charge in [-0.05, 0) is 60.5 Å². The van der Waals surface area contributed by atoms with Gasteiger partial charge in [-0.1, -0.05) is 12.1 Å². The van der Waals surface area contributed by atoms with E-state index in [-0.39, 0.29) is 12.6 Å². The standard InChI is InChI=1S/C20H24N2O2/c1-2-14-11-22-8-6-15(14)10-19(22)20(24)16-5-7-21-18-4-3-13(12-23)9-17(16)18/h2-5,7,9,14-15,19-20,23-24H,1,6,8,10-12H2/t14-,15?,19-,20+/m0/s1. The maximum absolute atomic E-state index is 11.1. The fourth-order valence-electron chi connectivity index (χ4n) is 4.48. The van der Waals surface area contributed by atoms with E-state index >= 15 is 0 Å². The third-order valence-corrected chi connectivity index (χ3v) is 5.86. The average Bonchev–Trinajstić information content (AvgIpc) is 2.66. The van der Waals surface area contributed by atoms with Gasteiger partial charge in [0, 0.05) is 24.2 Å². The van der Waals surface area contributed by atoms with Gasteiger partial charge in [0.25, 0.3) is 0 Å². The molecule has 0 spiro atoms. The summed E-state index contributed by atoms with van der Waals surface area (Å²) < 4.78 is 0. The number of piperidine rings is 3. The second-order valence-corrected chi connectivity index (χ2v) is 7.10. The van der Waals surface area contributed by atoms with E-state index in [1.165, 1.54) is 6.42 Å². The van der Waals surface area contributed by atoms with Crippen LogP contribution in [0.15, 0.2) is 43.1 Å². The van der Waals surface area contributed by atoms with Crippen molar-refractivity contribution in [2.24, 2.45) is 11.8 Å². The molecule has 5 rings (SSSR count). The summed E-state index contributed by atoms with van der Waals surface area (Å²) in [5, 5.41) is 21.5. The van der Waals surface area contributed by atoms with Crippen LogP contribution >= 0.6 is 0 Å². The van der Waals surface area contributed by atoms with Crippen LogP contribution in [-0.2, 0) is 6.61 Å². The highest BCUT2D eigenvalue weighted by molar-refractivity contribution is 5.83. The van der Waals surface area contributed by atoms with E-state index in [9.17, 15) is 10.2 Å². The Morgan fingerprint density at radius 3 is 2.96 bits per heavy atom. The van der Waals surface area contributed by atoms with Crippen molar-refractivity contribution in [1.29, 1.82) is 0 Å². The van der Waals surface area contributed by atoms with E-state index in [2.05, 4.69) is 22.5 Å². The van der Waals surface area contributed by atoms with Crippen LogP contribution in [0.4, 0.5) is 0 Å². The van der Waals surface area contributed by atoms with Gasteiger partial charge in [-0.2, -0.15) is 0 Å². The molecule has 24 heavy (non-hydrogen) atoms. The number of pyridine rings is 1. The maximum atomic E-state index is 11.1. The van der Waals surface area contributed by atoms with Crippen molar-refractivity contribution in [3.05, 3.63) is 54.2 Å². The Bertz CT molecular complexity index is 760. The molecule has 0 aliphatic carbocycles. The fourth-order valence-corrected chi connectivity index (χ4v) is 4.48. The van der Waals surface area contributed by atoms with Gasteiger partial charge < -0.3 is 10.2 Å². The summed E-state index contributed by atoms with van der Waals surface area (Å²) in [7, 11) is 0. The van der Waals surface area contributed by atoms with Crippen molar-refractivity contribution in [3.8, 4) is 0 Å². The molecule has 0 radical (unpaired) electrons. The number of rotatable bonds is 4. The number of hydrogen-bond acceptors (Lipinski definition) is 4. The van der Waals surface area contributed by atoms with E-state index < -0.39 is 6.10 Å². The van der Waals surface area contributed by atoms with Crippen LogP contribution in [0.1, 0.15) is 30.1 Å². The molecule has 126 valence electrons. The molecule has 4 heteroatoms. The van der Waals surface area contributed by atoms with Crippen LogP contribution in [0.5, 0.6) is 0 Å². The number of nitrogens with zero attached hydrogens (tertiary/aromatic N) is 2. The zero-order valence-electron chi connectivity index (χ0n) is 13.8. The normalized spacial score (nSPS) is 30.4. The van der Waals surface area contributed by atoms with Crippen LogP contribution < -0.4 is 0 Å². The largest absolute Gasteiger partial charge is 0.392 e. The number of aliphatic hydroxyl groups is 2. The van der Waals surface area contributed by atoms with Gasteiger partial charge in [-0.25, -0.2) is 0 Å². The van der Waals surface area contributed by atoms with E-state index in [0.29, 0.717) is 11.8 Å². The molecule has 0 saturated carbocycles. The molecule has 2 N–H and O–H groups in total. The van der Waals surface area contributed by atoms with Crippen molar-refractivity contribution in [3.63, 3.8) is 0 Å². The molecule has 3 aliphatic rings. The number of benzene rings is 1. The number of aliphatic hydroxyl groups excluding tert-OH is 2. The fraction of sp³-hybridized carbons (Fsp3) is 0.450. The van der Waals surface area contributed by atoms with Crippen molar-refractivity contribution in [2.45, 2.75) is 31.6 Å². The number of fused-ring (bicyclic) bond motifs is 4. The van der Waals surface area contributed by atoms with Crippen molar-refractivity contribution in [2.75, 3.05) is 13.1 Å². The summed E-state index contributed by atoms with van der Waals surface area (Å²) in [6, 6.07) is 7.82. The van der Waals surface area contributed by atoms with Gasteiger partial charge in [0.2, 0.25) is 0 Å². The van der Waals surface area contributed by atoms with Crippen molar-refractivity contribution in [1.82, 2.24) is 9.88 Å². The molecule has 3 fully saturated rings. The molecule has 3 saturated heterocycles. The molecular formula is C20H24N2O2. The Labute approximate surface area is 142 Å². The molecule has 2 bridgehead atoms. The van der Waals surface area contributed by atoms with E-state index in [1.807, 2.05) is 24.3 Å².